The first-order valence-electron chi connectivity index (χ1n) is 9.22. The highest BCUT2D eigenvalue weighted by Gasteiger charge is 2.11. The van der Waals surface area contributed by atoms with Crippen LogP contribution in [-0.2, 0) is 11.4 Å². The van der Waals surface area contributed by atoms with Gasteiger partial charge in [0, 0.05) is 26.3 Å². The van der Waals surface area contributed by atoms with Crippen LogP contribution < -0.4 is 10.1 Å². The molecule has 0 spiro atoms. The van der Waals surface area contributed by atoms with Gasteiger partial charge in [-0.1, -0.05) is 59.1 Å². The number of nitrogens with one attached hydrogen (secondary N) is 1. The molecule has 0 aliphatic rings. The minimum atomic E-state index is -0.526. The quantitative estimate of drug-likeness (QED) is 0.308. The zero-order valence-corrected chi connectivity index (χ0v) is 18.7. The van der Waals surface area contributed by atoms with E-state index in [4.69, 9.17) is 39.5 Å². The summed E-state index contributed by atoms with van der Waals surface area (Å²) in [5.41, 5.74) is 2.80. The van der Waals surface area contributed by atoms with Crippen molar-refractivity contribution in [3.63, 3.8) is 0 Å². The average Bonchev–Trinajstić information content (AvgIpc) is 2.74. The van der Waals surface area contributed by atoms with Crippen molar-refractivity contribution in [2.75, 3.05) is 5.32 Å². The normalized spacial score (nSPS) is 11.0. The van der Waals surface area contributed by atoms with Gasteiger partial charge in [0.1, 0.15) is 24.0 Å². The minimum Gasteiger partial charge on any atom is -0.489 e. The highest BCUT2D eigenvalue weighted by atomic mass is 35.5. The second kappa shape index (κ2) is 10.4. The van der Waals surface area contributed by atoms with Gasteiger partial charge in [0.05, 0.1) is 0 Å². The Morgan fingerprint density at radius 1 is 1.06 bits per heavy atom. The van der Waals surface area contributed by atoms with Gasteiger partial charge < -0.3 is 10.1 Å². The number of nitriles is 1. The van der Waals surface area contributed by atoms with Gasteiger partial charge in [-0.05, 0) is 60.5 Å². The van der Waals surface area contributed by atoms with Gasteiger partial charge in [-0.3, -0.25) is 4.79 Å². The van der Waals surface area contributed by atoms with Crippen molar-refractivity contribution in [3.05, 3.63) is 98.0 Å². The molecular weight excluding hydrogens is 455 g/mol. The SMILES string of the molecule is Cc1ccc(NC(=O)/C(C#N)=C\c2cccc(OCc3ccc(Cl)cc3Cl)c2)cc1Cl. The summed E-state index contributed by atoms with van der Waals surface area (Å²) in [6.07, 6.45) is 1.49. The van der Waals surface area contributed by atoms with Crippen LogP contribution in [0.15, 0.2) is 66.2 Å². The monoisotopic (exact) mass is 470 g/mol. The zero-order chi connectivity index (χ0) is 22.4. The van der Waals surface area contributed by atoms with Gasteiger partial charge in [0.25, 0.3) is 5.91 Å². The van der Waals surface area contributed by atoms with Gasteiger partial charge >= 0.3 is 0 Å². The van der Waals surface area contributed by atoms with Crippen LogP contribution in [0.2, 0.25) is 15.1 Å². The molecule has 0 atom stereocenters. The molecule has 0 unspecified atom stereocenters. The summed E-state index contributed by atoms with van der Waals surface area (Å²) in [5.74, 6) is 0.0458. The Hall–Kier alpha value is -2.97. The van der Waals surface area contributed by atoms with Crippen LogP contribution in [0.3, 0.4) is 0 Å². The molecule has 0 aliphatic carbocycles. The third kappa shape index (κ3) is 6.26. The van der Waals surface area contributed by atoms with E-state index >= 15 is 0 Å². The number of carbonyl (C=O) groups is 1. The van der Waals surface area contributed by atoms with Crippen molar-refractivity contribution in [3.8, 4) is 11.8 Å². The van der Waals surface area contributed by atoms with E-state index in [0.29, 0.717) is 32.1 Å². The first-order chi connectivity index (χ1) is 14.9. The smallest absolute Gasteiger partial charge is 0.266 e. The van der Waals surface area contributed by atoms with Crippen molar-refractivity contribution in [2.45, 2.75) is 13.5 Å². The van der Waals surface area contributed by atoms with E-state index < -0.39 is 5.91 Å². The molecular formula is C24H17Cl3N2O2. The molecule has 3 aromatic rings. The van der Waals surface area contributed by atoms with Crippen molar-refractivity contribution in [1.82, 2.24) is 0 Å². The molecule has 31 heavy (non-hydrogen) atoms. The molecule has 156 valence electrons. The van der Waals surface area contributed by atoms with E-state index in [9.17, 15) is 10.1 Å². The molecule has 0 fully saturated rings. The fraction of sp³-hybridized carbons (Fsp3) is 0.0833. The molecule has 0 radical (unpaired) electrons. The summed E-state index contributed by atoms with van der Waals surface area (Å²) in [6.45, 7) is 2.12. The third-order valence-corrected chi connectivity index (χ3v) is 5.37. The van der Waals surface area contributed by atoms with E-state index in [1.165, 1.54) is 6.08 Å². The molecule has 0 aliphatic heterocycles. The van der Waals surface area contributed by atoms with E-state index in [1.807, 2.05) is 13.0 Å². The largest absolute Gasteiger partial charge is 0.489 e. The van der Waals surface area contributed by atoms with Crippen LogP contribution in [0, 0.1) is 18.3 Å². The fourth-order valence-corrected chi connectivity index (χ4v) is 3.32. The summed E-state index contributed by atoms with van der Waals surface area (Å²) in [6, 6.07) is 19.3. The van der Waals surface area contributed by atoms with Crippen molar-refractivity contribution in [1.29, 1.82) is 5.26 Å². The van der Waals surface area contributed by atoms with E-state index in [1.54, 1.807) is 60.7 Å². The Morgan fingerprint density at radius 3 is 2.58 bits per heavy atom. The Bertz CT molecular complexity index is 1200. The highest BCUT2D eigenvalue weighted by Crippen LogP contribution is 2.24. The summed E-state index contributed by atoms with van der Waals surface area (Å²) in [4.78, 5) is 12.5. The maximum Gasteiger partial charge on any atom is 0.266 e. The fourth-order valence-electron chi connectivity index (χ4n) is 2.68. The third-order valence-electron chi connectivity index (χ3n) is 4.37. The summed E-state index contributed by atoms with van der Waals surface area (Å²) >= 11 is 18.2. The predicted molar refractivity (Wildman–Crippen MR) is 126 cm³/mol. The number of nitrogens with zero attached hydrogens (tertiary/aromatic N) is 1. The maximum absolute atomic E-state index is 12.5. The average molecular weight is 472 g/mol. The van der Waals surface area contributed by atoms with Crippen molar-refractivity contribution in [2.24, 2.45) is 0 Å². The number of halogens is 3. The second-order valence-electron chi connectivity index (χ2n) is 6.68. The zero-order valence-electron chi connectivity index (χ0n) is 16.5. The molecule has 0 bridgehead atoms. The lowest BCUT2D eigenvalue weighted by Crippen LogP contribution is -2.13. The van der Waals surface area contributed by atoms with Crippen LogP contribution in [-0.4, -0.2) is 5.91 Å². The highest BCUT2D eigenvalue weighted by molar-refractivity contribution is 6.35. The molecule has 4 nitrogen and oxygen atoms in total. The summed E-state index contributed by atoms with van der Waals surface area (Å²) < 4.78 is 5.79. The number of ether oxygens (including phenoxy) is 1. The molecule has 0 heterocycles. The van der Waals surface area contributed by atoms with E-state index in [2.05, 4.69) is 5.32 Å². The Kier molecular flexibility index (Phi) is 7.59. The lowest BCUT2D eigenvalue weighted by atomic mass is 10.1. The number of benzene rings is 3. The minimum absolute atomic E-state index is 0.0467. The number of carbonyl (C=O) groups excluding carboxylic acids is 1. The number of aryl methyl sites for hydroxylation is 1. The maximum atomic E-state index is 12.5. The van der Waals surface area contributed by atoms with Gasteiger partial charge in [-0.25, -0.2) is 0 Å². The molecule has 1 amide bonds. The summed E-state index contributed by atoms with van der Waals surface area (Å²) in [5, 5.41) is 13.7. The number of anilines is 1. The predicted octanol–water partition coefficient (Wildman–Crippen LogP) is 7.08. The molecule has 7 heteroatoms. The number of hydrogen-bond donors (Lipinski definition) is 1. The van der Waals surface area contributed by atoms with Crippen LogP contribution in [0.5, 0.6) is 5.75 Å². The lowest BCUT2D eigenvalue weighted by molar-refractivity contribution is -0.112. The molecule has 0 saturated heterocycles. The Labute approximate surface area is 195 Å². The summed E-state index contributed by atoms with van der Waals surface area (Å²) in [7, 11) is 0. The first-order valence-corrected chi connectivity index (χ1v) is 10.3. The van der Waals surface area contributed by atoms with Crippen molar-refractivity contribution < 1.29 is 9.53 Å². The van der Waals surface area contributed by atoms with Gasteiger partial charge in [-0.15, -0.1) is 0 Å². The van der Waals surface area contributed by atoms with Gasteiger partial charge in [0.15, 0.2) is 0 Å². The molecule has 3 rings (SSSR count). The van der Waals surface area contributed by atoms with E-state index in [-0.39, 0.29) is 12.2 Å². The molecule has 0 aromatic heterocycles. The van der Waals surface area contributed by atoms with Crippen LogP contribution in [0.25, 0.3) is 6.08 Å². The Morgan fingerprint density at radius 2 is 1.87 bits per heavy atom. The topological polar surface area (TPSA) is 62.1 Å². The second-order valence-corrected chi connectivity index (χ2v) is 7.94. The number of hydrogen-bond acceptors (Lipinski definition) is 3. The first kappa shape index (κ1) is 22.7. The van der Waals surface area contributed by atoms with Crippen LogP contribution in [0.1, 0.15) is 16.7 Å². The Balaban J connectivity index is 1.72. The van der Waals surface area contributed by atoms with Crippen molar-refractivity contribution >= 4 is 52.5 Å². The van der Waals surface area contributed by atoms with Crippen LogP contribution in [0.4, 0.5) is 5.69 Å². The molecule has 0 saturated carbocycles. The van der Waals surface area contributed by atoms with Gasteiger partial charge in [-0.2, -0.15) is 5.26 Å². The molecule has 1 N–H and O–H groups in total. The molecule has 3 aromatic carbocycles. The van der Waals surface area contributed by atoms with E-state index in [0.717, 1.165) is 11.1 Å². The lowest BCUT2D eigenvalue weighted by Gasteiger charge is -2.09. The number of rotatable bonds is 6. The number of amides is 1. The van der Waals surface area contributed by atoms with Crippen LogP contribution >= 0.6 is 34.8 Å². The standard InChI is InChI=1S/C24H17Cl3N2O2/c1-15-5-8-20(12-22(15)26)29-24(30)18(13-28)9-16-3-2-4-21(10-16)31-14-17-6-7-19(25)11-23(17)27/h2-12H,14H2,1H3,(H,29,30)/b18-9-. The van der Waals surface area contributed by atoms with Gasteiger partial charge in [0.2, 0.25) is 0 Å².